The van der Waals surface area contributed by atoms with E-state index in [1.54, 1.807) is 0 Å². The number of hydrogen-bond acceptors (Lipinski definition) is 10. The van der Waals surface area contributed by atoms with Gasteiger partial charge in [-0.05, 0) is 83.4 Å². The molecule has 12 heteroatoms. The molecule has 44 heavy (non-hydrogen) atoms. The highest BCUT2D eigenvalue weighted by Crippen LogP contribution is 2.57. The van der Waals surface area contributed by atoms with E-state index < -0.39 is 39.7 Å². The van der Waals surface area contributed by atoms with Crippen molar-refractivity contribution < 1.29 is 46.3 Å². The molecular formula is C32H52O10P2. The Labute approximate surface area is 263 Å². The molecule has 2 rings (SSSR count). The van der Waals surface area contributed by atoms with Gasteiger partial charge in [-0.15, -0.1) is 0 Å². The van der Waals surface area contributed by atoms with Crippen LogP contribution >= 0.6 is 15.2 Å². The van der Waals surface area contributed by atoms with Crippen molar-refractivity contribution in [2.75, 3.05) is 12.3 Å². The van der Waals surface area contributed by atoms with Crippen LogP contribution in [0.4, 0.5) is 0 Å². The maximum absolute atomic E-state index is 14.2. The van der Waals surface area contributed by atoms with Crippen LogP contribution in [0.15, 0.2) is 23.8 Å². The molecule has 0 saturated carbocycles. The van der Waals surface area contributed by atoms with Crippen molar-refractivity contribution in [2.45, 2.75) is 132 Å². The molecule has 1 aliphatic rings. The van der Waals surface area contributed by atoms with Crippen molar-refractivity contribution in [3.63, 3.8) is 0 Å². The van der Waals surface area contributed by atoms with E-state index in [2.05, 4.69) is 19.9 Å². The first-order chi connectivity index (χ1) is 20.7. The molecule has 10 nitrogen and oxygen atoms in total. The molecule has 1 aromatic rings. The van der Waals surface area contributed by atoms with E-state index in [4.69, 9.17) is 27.6 Å². The van der Waals surface area contributed by atoms with Gasteiger partial charge in [0.15, 0.2) is 0 Å². The van der Waals surface area contributed by atoms with Gasteiger partial charge in [-0.3, -0.25) is 18.6 Å². The molecule has 0 heterocycles. The normalized spacial score (nSPS) is 19.1. The Kier molecular flexibility index (Phi) is 15.7. The summed E-state index contributed by atoms with van der Waals surface area (Å²) in [6, 6.07) is 3.73. The molecule has 0 amide bonds. The molecule has 5 unspecified atom stereocenters. The van der Waals surface area contributed by atoms with Crippen molar-refractivity contribution in [3.05, 3.63) is 34.9 Å². The van der Waals surface area contributed by atoms with Crippen LogP contribution in [0.2, 0.25) is 0 Å². The summed E-state index contributed by atoms with van der Waals surface area (Å²) in [5.74, 6) is -0.680. The van der Waals surface area contributed by atoms with Gasteiger partial charge in [0.05, 0.1) is 12.3 Å². The summed E-state index contributed by atoms with van der Waals surface area (Å²) in [6.45, 7) is 13.4. The number of allylic oxidation sites excluding steroid dienone is 2. The van der Waals surface area contributed by atoms with Crippen molar-refractivity contribution >= 4 is 27.1 Å². The average Bonchev–Trinajstić information content (AvgIpc) is 2.87. The lowest BCUT2D eigenvalue weighted by atomic mass is 9.84. The predicted molar refractivity (Wildman–Crippen MR) is 171 cm³/mol. The van der Waals surface area contributed by atoms with Gasteiger partial charge in [0.25, 0.3) is 0 Å². The first-order valence-electron chi connectivity index (χ1n) is 15.9. The summed E-state index contributed by atoms with van der Waals surface area (Å²) in [5, 5.41) is 0. The third kappa shape index (κ3) is 12.7. The van der Waals surface area contributed by atoms with E-state index in [9.17, 15) is 18.7 Å². The van der Waals surface area contributed by atoms with Gasteiger partial charge in [0, 0.05) is 25.3 Å². The molecule has 0 aromatic heterocycles. The summed E-state index contributed by atoms with van der Waals surface area (Å²) in [7, 11) is -7.66. The summed E-state index contributed by atoms with van der Waals surface area (Å²) < 4.78 is 62.8. The number of carbonyl (C=O) groups excluding carboxylic acids is 2. The lowest BCUT2D eigenvalue weighted by Gasteiger charge is -2.30. The predicted octanol–water partition coefficient (Wildman–Crippen LogP) is 9.45. The number of rotatable bonds is 19. The van der Waals surface area contributed by atoms with Crippen LogP contribution in [0.1, 0.15) is 124 Å². The highest BCUT2D eigenvalue weighted by Gasteiger charge is 2.36. The largest absolute Gasteiger partial charge is 0.436 e. The first-order valence-corrected chi connectivity index (χ1v) is 19.3. The number of aryl methyl sites for hydroxylation is 1. The van der Waals surface area contributed by atoms with Crippen LogP contribution in [0.5, 0.6) is 11.5 Å². The molecule has 5 atom stereocenters. The van der Waals surface area contributed by atoms with Crippen LogP contribution in [0, 0.1) is 0 Å². The smallest absolute Gasteiger partial charge is 0.382 e. The number of carbonyl (C=O) groups is 2. The maximum atomic E-state index is 14.2. The van der Waals surface area contributed by atoms with Crippen LogP contribution in [-0.4, -0.2) is 36.8 Å². The van der Waals surface area contributed by atoms with Crippen molar-refractivity contribution in [1.82, 2.24) is 0 Å². The van der Waals surface area contributed by atoms with Gasteiger partial charge < -0.3 is 18.5 Å². The fourth-order valence-corrected chi connectivity index (χ4v) is 8.75. The Morgan fingerprint density at radius 1 is 0.841 bits per heavy atom. The van der Waals surface area contributed by atoms with E-state index in [-0.39, 0.29) is 18.2 Å². The van der Waals surface area contributed by atoms with E-state index >= 15 is 0 Å². The number of hydrogen-bond donors (Lipinski definition) is 0. The fraction of sp³-hybridized carbons (Fsp3) is 0.688. The highest BCUT2D eigenvalue weighted by molar-refractivity contribution is 7.54. The molecule has 0 radical (unpaired) electrons. The van der Waals surface area contributed by atoms with Crippen molar-refractivity contribution in [1.29, 1.82) is 0 Å². The SMILES string of the molecule is CCCCCc1cc(OP(=O)(CCC)OC(C)OC(C)=O)c(C2C=C(C)CCC2)c(OP(=O)(CCC)OC(C)OC(C)=O)c1. The van der Waals surface area contributed by atoms with Gasteiger partial charge in [0.1, 0.15) is 11.5 Å². The minimum absolute atomic E-state index is 0.0885. The molecule has 0 aliphatic heterocycles. The van der Waals surface area contributed by atoms with Gasteiger partial charge >= 0.3 is 27.1 Å². The molecule has 250 valence electrons. The quantitative estimate of drug-likeness (QED) is 0.0467. The minimum atomic E-state index is -3.83. The number of unbranched alkanes of at least 4 members (excludes halogenated alkanes) is 2. The Hall–Kier alpha value is -2.12. The van der Waals surface area contributed by atoms with Gasteiger partial charge in [0.2, 0.25) is 12.6 Å². The summed E-state index contributed by atoms with van der Waals surface area (Å²) >= 11 is 0. The zero-order valence-corrected chi connectivity index (χ0v) is 29.5. The third-order valence-electron chi connectivity index (χ3n) is 6.93. The van der Waals surface area contributed by atoms with E-state index in [0.29, 0.717) is 36.3 Å². The molecule has 0 saturated heterocycles. The molecule has 0 N–H and O–H groups in total. The number of esters is 2. The topological polar surface area (TPSA) is 124 Å². The molecule has 1 aliphatic carbocycles. The standard InChI is InChI=1S/C32H52O10P2/c1-9-12-13-16-28-21-30(41-43(35,18-10-2)39-26(7)37-24(5)33)32(29-17-14-15-23(4)20-29)31(22-28)42-44(36,19-11-3)40-27(8)38-25(6)34/h20-22,26-27,29H,9-19H2,1-8H3. The maximum Gasteiger partial charge on any atom is 0.382 e. The molecule has 0 bridgehead atoms. The van der Waals surface area contributed by atoms with E-state index in [1.165, 1.54) is 33.3 Å². The Bertz CT molecular complexity index is 1160. The monoisotopic (exact) mass is 658 g/mol. The van der Waals surface area contributed by atoms with Gasteiger partial charge in [-0.25, -0.2) is 9.13 Å². The van der Waals surface area contributed by atoms with Gasteiger partial charge in [-0.1, -0.05) is 45.3 Å². The average molecular weight is 659 g/mol. The Morgan fingerprint density at radius 3 is 1.75 bits per heavy atom. The second-order valence-electron chi connectivity index (χ2n) is 11.4. The lowest BCUT2D eigenvalue weighted by Crippen LogP contribution is -2.19. The lowest BCUT2D eigenvalue weighted by molar-refractivity contribution is -0.160. The number of benzene rings is 1. The summed E-state index contributed by atoms with van der Waals surface area (Å²) in [4.78, 5) is 23.1. The minimum Gasteiger partial charge on any atom is -0.436 e. The first kappa shape index (κ1) is 38.1. The van der Waals surface area contributed by atoms with E-state index in [0.717, 1.165) is 44.1 Å². The summed E-state index contributed by atoms with van der Waals surface area (Å²) in [5.41, 5.74) is 2.65. The summed E-state index contributed by atoms with van der Waals surface area (Å²) in [6.07, 6.45) is 7.38. The Balaban J connectivity index is 2.74. The molecule has 1 aromatic carbocycles. The fourth-order valence-electron chi connectivity index (χ4n) is 5.28. The van der Waals surface area contributed by atoms with Crippen molar-refractivity contribution in [3.8, 4) is 11.5 Å². The van der Waals surface area contributed by atoms with Crippen LogP contribution in [0.3, 0.4) is 0 Å². The second kappa shape index (κ2) is 18.1. The number of ether oxygens (including phenoxy) is 2. The highest BCUT2D eigenvalue weighted by atomic mass is 31.2. The zero-order valence-electron chi connectivity index (χ0n) is 27.7. The molecule has 0 spiro atoms. The van der Waals surface area contributed by atoms with Crippen molar-refractivity contribution in [2.24, 2.45) is 0 Å². The van der Waals surface area contributed by atoms with Crippen LogP contribution in [0.25, 0.3) is 0 Å². The Morgan fingerprint density at radius 2 is 1.34 bits per heavy atom. The van der Waals surface area contributed by atoms with E-state index in [1.807, 2.05) is 26.0 Å². The van der Waals surface area contributed by atoms with Gasteiger partial charge in [-0.2, -0.15) is 0 Å². The molecular weight excluding hydrogens is 606 g/mol. The zero-order chi connectivity index (χ0) is 32.9. The molecule has 0 fully saturated rings. The van der Waals surface area contributed by atoms with Crippen LogP contribution < -0.4 is 9.05 Å². The second-order valence-corrected chi connectivity index (χ2v) is 15.5. The van der Waals surface area contributed by atoms with Crippen LogP contribution in [-0.2, 0) is 43.7 Å². The third-order valence-corrected chi connectivity index (χ3v) is 11.1.